The van der Waals surface area contributed by atoms with E-state index in [2.05, 4.69) is 16.0 Å². The quantitative estimate of drug-likeness (QED) is 0.684. The third-order valence-electron chi connectivity index (χ3n) is 3.71. The van der Waals surface area contributed by atoms with Gasteiger partial charge in [-0.15, -0.1) is 11.3 Å². The van der Waals surface area contributed by atoms with Gasteiger partial charge in [0.15, 0.2) is 0 Å². The van der Waals surface area contributed by atoms with E-state index in [1.165, 1.54) is 4.88 Å². The summed E-state index contributed by atoms with van der Waals surface area (Å²) in [4.78, 5) is 13.7. The highest BCUT2D eigenvalue weighted by Crippen LogP contribution is 2.27. The predicted octanol–water partition coefficient (Wildman–Crippen LogP) is 5.13. The first-order chi connectivity index (χ1) is 11.1. The summed E-state index contributed by atoms with van der Waals surface area (Å²) in [5, 5.41) is 5.62. The van der Waals surface area contributed by atoms with Gasteiger partial charge in [0, 0.05) is 28.0 Å². The van der Waals surface area contributed by atoms with Gasteiger partial charge in [-0.1, -0.05) is 23.7 Å². The van der Waals surface area contributed by atoms with Gasteiger partial charge >= 0.3 is 0 Å². The van der Waals surface area contributed by atoms with Gasteiger partial charge in [-0.2, -0.15) is 0 Å². The maximum Gasteiger partial charge on any atom is 0.226 e. The van der Waals surface area contributed by atoms with Crippen molar-refractivity contribution in [2.75, 3.05) is 5.32 Å². The van der Waals surface area contributed by atoms with Crippen LogP contribution in [0.15, 0.2) is 60.2 Å². The smallest absolute Gasteiger partial charge is 0.226 e. The Morgan fingerprint density at radius 2 is 2.04 bits per heavy atom. The highest BCUT2D eigenvalue weighted by atomic mass is 35.5. The molecule has 0 aliphatic heterocycles. The molecule has 0 spiro atoms. The SMILES string of the molecule is Cc1ccc(Cl)cc1NC(=O)CC(c1cccs1)n1cccc1. The molecule has 1 atom stereocenters. The molecule has 1 N–H and O–H groups in total. The van der Waals surface area contributed by atoms with E-state index in [1.807, 2.05) is 55.0 Å². The van der Waals surface area contributed by atoms with Crippen molar-refractivity contribution in [3.63, 3.8) is 0 Å². The van der Waals surface area contributed by atoms with Crippen LogP contribution >= 0.6 is 22.9 Å². The molecule has 1 aromatic carbocycles. The number of nitrogens with zero attached hydrogens (tertiary/aromatic N) is 1. The summed E-state index contributed by atoms with van der Waals surface area (Å²) in [6, 6.07) is 13.5. The highest BCUT2D eigenvalue weighted by Gasteiger charge is 2.18. The lowest BCUT2D eigenvalue weighted by molar-refractivity contribution is -0.116. The number of benzene rings is 1. The number of hydrogen-bond acceptors (Lipinski definition) is 2. The van der Waals surface area contributed by atoms with Crippen molar-refractivity contribution in [2.45, 2.75) is 19.4 Å². The second-order valence-electron chi connectivity index (χ2n) is 5.37. The van der Waals surface area contributed by atoms with Crippen molar-refractivity contribution in [1.29, 1.82) is 0 Å². The molecule has 2 heterocycles. The average Bonchev–Trinajstić information content (AvgIpc) is 3.21. The van der Waals surface area contributed by atoms with Gasteiger partial charge in [0.1, 0.15) is 0 Å². The van der Waals surface area contributed by atoms with Crippen LogP contribution in [0.3, 0.4) is 0 Å². The Balaban J connectivity index is 1.78. The maximum atomic E-state index is 12.5. The van der Waals surface area contributed by atoms with E-state index < -0.39 is 0 Å². The summed E-state index contributed by atoms with van der Waals surface area (Å²) in [6.07, 6.45) is 4.35. The number of amides is 1. The van der Waals surface area contributed by atoms with Crippen LogP contribution in [-0.2, 0) is 4.79 Å². The fourth-order valence-electron chi connectivity index (χ4n) is 2.50. The zero-order valence-electron chi connectivity index (χ0n) is 12.7. The molecule has 2 aromatic heterocycles. The number of carbonyl (C=O) groups is 1. The predicted molar refractivity (Wildman–Crippen MR) is 96.3 cm³/mol. The molecule has 1 amide bonds. The monoisotopic (exact) mass is 344 g/mol. The molecular weight excluding hydrogens is 328 g/mol. The van der Waals surface area contributed by atoms with Crippen LogP contribution in [0.25, 0.3) is 0 Å². The largest absolute Gasteiger partial charge is 0.346 e. The van der Waals surface area contributed by atoms with Gasteiger partial charge in [-0.05, 0) is 48.2 Å². The van der Waals surface area contributed by atoms with E-state index >= 15 is 0 Å². The first-order valence-corrected chi connectivity index (χ1v) is 8.61. The number of carbonyl (C=O) groups excluding carboxylic acids is 1. The van der Waals surface area contributed by atoms with Gasteiger partial charge in [0.2, 0.25) is 5.91 Å². The molecule has 118 valence electrons. The molecule has 3 nitrogen and oxygen atoms in total. The van der Waals surface area contributed by atoms with Gasteiger partial charge in [0.25, 0.3) is 0 Å². The molecule has 0 aliphatic carbocycles. The van der Waals surface area contributed by atoms with E-state index in [0.29, 0.717) is 11.4 Å². The van der Waals surface area contributed by atoms with Crippen LogP contribution in [-0.4, -0.2) is 10.5 Å². The number of hydrogen-bond donors (Lipinski definition) is 1. The minimum absolute atomic E-state index is 0.00416. The van der Waals surface area contributed by atoms with Crippen LogP contribution < -0.4 is 5.32 Å². The van der Waals surface area contributed by atoms with Crippen molar-refractivity contribution in [1.82, 2.24) is 4.57 Å². The number of aryl methyl sites for hydroxylation is 1. The first-order valence-electron chi connectivity index (χ1n) is 7.35. The Labute approximate surface area is 144 Å². The summed E-state index contributed by atoms with van der Waals surface area (Å²) in [6.45, 7) is 1.95. The molecule has 0 radical (unpaired) electrons. The zero-order chi connectivity index (χ0) is 16.2. The average molecular weight is 345 g/mol. The topological polar surface area (TPSA) is 34.0 Å². The first kappa shape index (κ1) is 15.8. The molecule has 23 heavy (non-hydrogen) atoms. The highest BCUT2D eigenvalue weighted by molar-refractivity contribution is 7.10. The number of halogens is 1. The van der Waals surface area contributed by atoms with Crippen molar-refractivity contribution in [3.05, 3.63) is 75.7 Å². The molecule has 1 unspecified atom stereocenters. The molecule has 0 aliphatic rings. The van der Waals surface area contributed by atoms with Crippen molar-refractivity contribution >= 4 is 34.5 Å². The number of nitrogens with one attached hydrogen (secondary N) is 1. The third kappa shape index (κ3) is 3.84. The lowest BCUT2D eigenvalue weighted by Crippen LogP contribution is -2.19. The van der Waals surface area contributed by atoms with E-state index in [1.54, 1.807) is 17.4 Å². The second-order valence-corrected chi connectivity index (χ2v) is 6.79. The van der Waals surface area contributed by atoms with Crippen LogP contribution in [0, 0.1) is 6.92 Å². The van der Waals surface area contributed by atoms with Gasteiger partial charge in [-0.3, -0.25) is 4.79 Å². The molecule has 0 bridgehead atoms. The summed E-state index contributed by atoms with van der Waals surface area (Å²) < 4.78 is 2.07. The molecule has 3 rings (SSSR count). The fourth-order valence-corrected chi connectivity index (χ4v) is 3.50. The number of rotatable bonds is 5. The van der Waals surface area contributed by atoms with E-state index in [-0.39, 0.29) is 11.9 Å². The number of anilines is 1. The zero-order valence-corrected chi connectivity index (χ0v) is 14.3. The molecule has 0 saturated heterocycles. The Kier molecular flexibility index (Phi) is 4.84. The summed E-state index contributed by atoms with van der Waals surface area (Å²) >= 11 is 7.68. The van der Waals surface area contributed by atoms with Crippen molar-refractivity contribution in [3.8, 4) is 0 Å². The minimum Gasteiger partial charge on any atom is -0.346 e. The minimum atomic E-state index is -0.0255. The second kappa shape index (κ2) is 7.02. The summed E-state index contributed by atoms with van der Waals surface area (Å²) in [5.41, 5.74) is 1.76. The van der Waals surface area contributed by atoms with Gasteiger partial charge in [-0.25, -0.2) is 0 Å². The lowest BCUT2D eigenvalue weighted by Gasteiger charge is -2.18. The maximum absolute atomic E-state index is 12.5. The molecule has 5 heteroatoms. The Morgan fingerprint density at radius 1 is 1.26 bits per heavy atom. The Hall–Kier alpha value is -2.04. The van der Waals surface area contributed by atoms with Crippen LogP contribution in [0.1, 0.15) is 22.9 Å². The van der Waals surface area contributed by atoms with Gasteiger partial charge in [0.05, 0.1) is 12.5 Å². The van der Waals surface area contributed by atoms with Crippen LogP contribution in [0.5, 0.6) is 0 Å². The summed E-state index contributed by atoms with van der Waals surface area (Å²) in [5.74, 6) is -0.0255. The van der Waals surface area contributed by atoms with Crippen LogP contribution in [0.4, 0.5) is 5.69 Å². The fraction of sp³-hybridized carbons (Fsp3) is 0.167. The lowest BCUT2D eigenvalue weighted by atomic mass is 10.1. The van der Waals surface area contributed by atoms with Crippen LogP contribution in [0.2, 0.25) is 5.02 Å². The van der Waals surface area contributed by atoms with Crippen molar-refractivity contribution in [2.24, 2.45) is 0 Å². The number of aromatic nitrogens is 1. The normalized spacial score (nSPS) is 12.1. The number of thiophene rings is 1. The van der Waals surface area contributed by atoms with E-state index in [0.717, 1.165) is 11.3 Å². The van der Waals surface area contributed by atoms with E-state index in [9.17, 15) is 4.79 Å². The summed E-state index contributed by atoms with van der Waals surface area (Å²) in [7, 11) is 0. The molecule has 3 aromatic rings. The Morgan fingerprint density at radius 3 is 2.74 bits per heavy atom. The molecule has 0 saturated carbocycles. The van der Waals surface area contributed by atoms with Gasteiger partial charge < -0.3 is 9.88 Å². The Bertz CT molecular complexity index is 747. The third-order valence-corrected chi connectivity index (χ3v) is 4.92. The molecule has 0 fully saturated rings. The molecular formula is C18H17ClN2OS. The van der Waals surface area contributed by atoms with E-state index in [4.69, 9.17) is 11.6 Å². The van der Waals surface area contributed by atoms with Crippen molar-refractivity contribution < 1.29 is 4.79 Å². The standard InChI is InChI=1S/C18H17ClN2OS/c1-13-6-7-14(19)11-15(13)20-18(22)12-16(17-5-4-10-23-17)21-8-2-3-9-21/h2-11,16H,12H2,1H3,(H,20,22).